The minimum atomic E-state index is -0.228. The van der Waals surface area contributed by atoms with Gasteiger partial charge in [-0.1, -0.05) is 6.07 Å². The van der Waals surface area contributed by atoms with Gasteiger partial charge in [0.2, 0.25) is 0 Å². The molecule has 1 rings (SSSR count). The van der Waals surface area contributed by atoms with E-state index in [9.17, 15) is 4.39 Å². The Kier molecular flexibility index (Phi) is 5.38. The van der Waals surface area contributed by atoms with Crippen molar-refractivity contribution >= 4 is 0 Å². The van der Waals surface area contributed by atoms with Crippen LogP contribution in [-0.4, -0.2) is 39.2 Å². The largest absolute Gasteiger partial charge is 0.497 e. The predicted octanol–water partition coefficient (Wildman–Crippen LogP) is 2.05. The first-order valence-corrected chi connectivity index (χ1v) is 5.76. The van der Waals surface area contributed by atoms with Crippen LogP contribution in [0.25, 0.3) is 0 Å². The van der Waals surface area contributed by atoms with E-state index in [0.717, 1.165) is 13.1 Å². The number of hydrogen-bond acceptors (Lipinski definition) is 3. The Hall–Kier alpha value is -1.13. The normalized spacial score (nSPS) is 12.8. The van der Waals surface area contributed by atoms with E-state index in [1.807, 2.05) is 21.0 Å². The van der Waals surface area contributed by atoms with E-state index in [1.165, 1.54) is 13.2 Å². The molecule has 1 atom stereocenters. The maximum atomic E-state index is 13.7. The molecule has 0 saturated heterocycles. The summed E-state index contributed by atoms with van der Waals surface area (Å²) < 4.78 is 18.7. The van der Waals surface area contributed by atoms with Crippen molar-refractivity contribution in [1.82, 2.24) is 10.2 Å². The van der Waals surface area contributed by atoms with E-state index in [-0.39, 0.29) is 11.9 Å². The van der Waals surface area contributed by atoms with Crippen molar-refractivity contribution in [1.29, 1.82) is 0 Å². The standard InChI is InChI=1S/C13H21FN2O/c1-10(15-7-8-16(2)3)12-6-5-11(17-4)9-13(12)14/h5-6,9-10,15H,7-8H2,1-4H3. The van der Waals surface area contributed by atoms with E-state index >= 15 is 0 Å². The van der Waals surface area contributed by atoms with Crippen molar-refractivity contribution in [3.8, 4) is 5.75 Å². The lowest BCUT2D eigenvalue weighted by atomic mass is 10.1. The third-order valence-corrected chi connectivity index (χ3v) is 2.68. The molecule has 0 heterocycles. The summed E-state index contributed by atoms with van der Waals surface area (Å²) in [7, 11) is 5.56. The fourth-order valence-corrected chi connectivity index (χ4v) is 1.60. The van der Waals surface area contributed by atoms with Gasteiger partial charge in [-0.2, -0.15) is 0 Å². The second-order valence-electron chi connectivity index (χ2n) is 4.37. The highest BCUT2D eigenvalue weighted by Gasteiger charge is 2.11. The molecule has 0 saturated carbocycles. The molecule has 0 fully saturated rings. The molecule has 0 amide bonds. The van der Waals surface area contributed by atoms with Gasteiger partial charge in [0.15, 0.2) is 0 Å². The highest BCUT2D eigenvalue weighted by molar-refractivity contribution is 5.30. The van der Waals surface area contributed by atoms with Gasteiger partial charge in [0.05, 0.1) is 7.11 Å². The molecule has 0 spiro atoms. The number of nitrogens with zero attached hydrogens (tertiary/aromatic N) is 1. The van der Waals surface area contributed by atoms with Gasteiger partial charge in [-0.15, -0.1) is 0 Å². The summed E-state index contributed by atoms with van der Waals surface area (Å²) in [5.74, 6) is 0.320. The highest BCUT2D eigenvalue weighted by atomic mass is 19.1. The molecule has 0 bridgehead atoms. The van der Waals surface area contributed by atoms with E-state index in [1.54, 1.807) is 12.1 Å². The van der Waals surface area contributed by atoms with Crippen LogP contribution < -0.4 is 10.1 Å². The Morgan fingerprint density at radius 2 is 2.12 bits per heavy atom. The second kappa shape index (κ2) is 6.57. The van der Waals surface area contributed by atoms with Gasteiger partial charge < -0.3 is 15.0 Å². The summed E-state index contributed by atoms with van der Waals surface area (Å²) in [6.07, 6.45) is 0. The molecule has 1 N–H and O–H groups in total. The highest BCUT2D eigenvalue weighted by Crippen LogP contribution is 2.21. The topological polar surface area (TPSA) is 24.5 Å². The Morgan fingerprint density at radius 3 is 2.65 bits per heavy atom. The van der Waals surface area contributed by atoms with Crippen LogP contribution >= 0.6 is 0 Å². The first-order chi connectivity index (χ1) is 8.04. The molecule has 1 aromatic rings. The minimum absolute atomic E-state index is 0.000793. The SMILES string of the molecule is COc1ccc(C(C)NCCN(C)C)c(F)c1. The summed E-state index contributed by atoms with van der Waals surface area (Å²) >= 11 is 0. The van der Waals surface area contributed by atoms with Gasteiger partial charge in [-0.3, -0.25) is 0 Å². The van der Waals surface area contributed by atoms with Gasteiger partial charge in [0, 0.05) is 30.8 Å². The van der Waals surface area contributed by atoms with Crippen molar-refractivity contribution in [3.63, 3.8) is 0 Å². The zero-order valence-corrected chi connectivity index (χ0v) is 11.0. The van der Waals surface area contributed by atoms with Crippen LogP contribution in [-0.2, 0) is 0 Å². The summed E-state index contributed by atoms with van der Waals surface area (Å²) in [4.78, 5) is 2.09. The molecule has 4 heteroatoms. The second-order valence-corrected chi connectivity index (χ2v) is 4.37. The minimum Gasteiger partial charge on any atom is -0.497 e. The molecule has 3 nitrogen and oxygen atoms in total. The number of nitrogens with one attached hydrogen (secondary N) is 1. The fraction of sp³-hybridized carbons (Fsp3) is 0.538. The first-order valence-electron chi connectivity index (χ1n) is 5.76. The van der Waals surface area contributed by atoms with E-state index in [0.29, 0.717) is 11.3 Å². The maximum absolute atomic E-state index is 13.7. The maximum Gasteiger partial charge on any atom is 0.131 e. The van der Waals surface area contributed by atoms with Gasteiger partial charge in [-0.25, -0.2) is 4.39 Å². The third-order valence-electron chi connectivity index (χ3n) is 2.68. The molecule has 0 radical (unpaired) electrons. The number of halogens is 1. The average Bonchev–Trinajstić information content (AvgIpc) is 2.28. The van der Waals surface area contributed by atoms with Crippen molar-refractivity contribution in [2.24, 2.45) is 0 Å². The molecule has 17 heavy (non-hydrogen) atoms. The monoisotopic (exact) mass is 240 g/mol. The average molecular weight is 240 g/mol. The van der Waals surface area contributed by atoms with Crippen LogP contribution in [0, 0.1) is 5.82 Å². The van der Waals surface area contributed by atoms with E-state index < -0.39 is 0 Å². The quantitative estimate of drug-likeness (QED) is 0.823. The van der Waals surface area contributed by atoms with Crippen LogP contribution in [0.5, 0.6) is 5.75 Å². The zero-order chi connectivity index (χ0) is 12.8. The number of likely N-dealkylation sites (N-methyl/N-ethyl adjacent to an activating group) is 1. The van der Waals surface area contributed by atoms with Crippen LogP contribution in [0.4, 0.5) is 4.39 Å². The van der Waals surface area contributed by atoms with Crippen molar-refractivity contribution in [2.75, 3.05) is 34.3 Å². The first kappa shape index (κ1) is 13.9. The number of benzene rings is 1. The number of rotatable bonds is 6. The molecular formula is C13H21FN2O. The lowest BCUT2D eigenvalue weighted by Crippen LogP contribution is -2.28. The number of methoxy groups -OCH3 is 1. The Labute approximate surface area is 103 Å². The molecule has 1 unspecified atom stereocenters. The molecule has 96 valence electrons. The third kappa shape index (κ3) is 4.32. The van der Waals surface area contributed by atoms with Crippen molar-refractivity contribution in [2.45, 2.75) is 13.0 Å². The molecule has 0 aliphatic rings. The lowest BCUT2D eigenvalue weighted by molar-refractivity contribution is 0.385. The Bertz CT molecular complexity index is 355. The van der Waals surface area contributed by atoms with Crippen molar-refractivity contribution < 1.29 is 9.13 Å². The Morgan fingerprint density at radius 1 is 1.41 bits per heavy atom. The van der Waals surface area contributed by atoms with Gasteiger partial charge in [0.1, 0.15) is 11.6 Å². The van der Waals surface area contributed by atoms with Gasteiger partial charge in [-0.05, 0) is 27.1 Å². The molecule has 1 aromatic carbocycles. The van der Waals surface area contributed by atoms with Crippen LogP contribution in [0.3, 0.4) is 0 Å². The van der Waals surface area contributed by atoms with Crippen LogP contribution in [0.15, 0.2) is 18.2 Å². The molecule has 0 aromatic heterocycles. The summed E-state index contributed by atoms with van der Waals surface area (Å²) in [6, 6.07) is 4.96. The molecule has 0 aliphatic carbocycles. The lowest BCUT2D eigenvalue weighted by Gasteiger charge is -2.17. The Balaban J connectivity index is 2.59. The molecule has 0 aliphatic heterocycles. The van der Waals surface area contributed by atoms with Gasteiger partial charge >= 0.3 is 0 Å². The number of ether oxygens (including phenoxy) is 1. The predicted molar refractivity (Wildman–Crippen MR) is 67.9 cm³/mol. The van der Waals surface area contributed by atoms with Gasteiger partial charge in [0.25, 0.3) is 0 Å². The summed E-state index contributed by atoms with van der Waals surface area (Å²) in [6.45, 7) is 3.72. The van der Waals surface area contributed by atoms with Crippen LogP contribution in [0.2, 0.25) is 0 Å². The zero-order valence-electron chi connectivity index (χ0n) is 11.0. The molecular weight excluding hydrogens is 219 g/mol. The number of hydrogen-bond donors (Lipinski definition) is 1. The fourth-order valence-electron chi connectivity index (χ4n) is 1.60. The van der Waals surface area contributed by atoms with E-state index in [4.69, 9.17) is 4.74 Å². The van der Waals surface area contributed by atoms with Crippen LogP contribution in [0.1, 0.15) is 18.5 Å². The van der Waals surface area contributed by atoms with Crippen molar-refractivity contribution in [3.05, 3.63) is 29.6 Å². The van der Waals surface area contributed by atoms with E-state index in [2.05, 4.69) is 10.2 Å². The summed E-state index contributed by atoms with van der Waals surface area (Å²) in [5, 5.41) is 3.29. The summed E-state index contributed by atoms with van der Waals surface area (Å²) in [5.41, 5.74) is 0.671. The smallest absolute Gasteiger partial charge is 0.131 e.